The standard InChI is InChI=1S/C12H16BrN3O3/c1-4-15-8(3)10(13)11(12(17)18)16(15)6-9-5-7(2)14-19-9/h5,8H,4,6H2,1-3H3,(H,17,18). The van der Waals surface area contributed by atoms with Crippen LogP contribution in [0.1, 0.15) is 25.3 Å². The molecule has 6 nitrogen and oxygen atoms in total. The fourth-order valence-corrected chi connectivity index (χ4v) is 2.87. The number of aliphatic carboxylic acids is 1. The summed E-state index contributed by atoms with van der Waals surface area (Å²) in [5.41, 5.74) is 1.04. The normalized spacial score (nSPS) is 20.4. The number of aryl methyl sites for hydroxylation is 1. The number of hydrogen-bond donors (Lipinski definition) is 1. The summed E-state index contributed by atoms with van der Waals surface area (Å²) in [7, 11) is 0. The highest BCUT2D eigenvalue weighted by Crippen LogP contribution is 2.34. The molecule has 1 N–H and O–H groups in total. The number of aromatic nitrogens is 1. The summed E-state index contributed by atoms with van der Waals surface area (Å²) in [6, 6.07) is 1.81. The molecule has 0 aromatic carbocycles. The summed E-state index contributed by atoms with van der Waals surface area (Å²) in [6.07, 6.45) is 0. The van der Waals surface area contributed by atoms with Crippen molar-refractivity contribution in [2.45, 2.75) is 33.4 Å². The Morgan fingerprint density at radius 1 is 1.63 bits per heavy atom. The Labute approximate surface area is 119 Å². The van der Waals surface area contributed by atoms with Crippen molar-refractivity contribution in [1.82, 2.24) is 15.2 Å². The largest absolute Gasteiger partial charge is 0.477 e. The molecule has 0 fully saturated rings. The van der Waals surface area contributed by atoms with E-state index < -0.39 is 5.97 Å². The number of nitrogens with zero attached hydrogens (tertiary/aromatic N) is 3. The van der Waals surface area contributed by atoms with Gasteiger partial charge in [-0.2, -0.15) is 0 Å². The van der Waals surface area contributed by atoms with Crippen LogP contribution in [0.4, 0.5) is 0 Å². The van der Waals surface area contributed by atoms with E-state index in [1.54, 1.807) is 5.01 Å². The maximum absolute atomic E-state index is 11.4. The van der Waals surface area contributed by atoms with Gasteiger partial charge in [-0.05, 0) is 13.8 Å². The van der Waals surface area contributed by atoms with Crippen molar-refractivity contribution in [3.63, 3.8) is 0 Å². The lowest BCUT2D eigenvalue weighted by Gasteiger charge is -2.31. The minimum absolute atomic E-state index is 0.000110. The van der Waals surface area contributed by atoms with E-state index in [2.05, 4.69) is 21.1 Å². The predicted molar refractivity (Wildman–Crippen MR) is 72.2 cm³/mol. The van der Waals surface area contributed by atoms with Gasteiger partial charge in [0.15, 0.2) is 11.5 Å². The monoisotopic (exact) mass is 329 g/mol. The van der Waals surface area contributed by atoms with Gasteiger partial charge in [-0.1, -0.05) is 28.0 Å². The molecule has 1 aromatic rings. The number of halogens is 1. The van der Waals surface area contributed by atoms with Crippen molar-refractivity contribution >= 4 is 21.9 Å². The van der Waals surface area contributed by atoms with Crippen LogP contribution >= 0.6 is 15.9 Å². The average molecular weight is 330 g/mol. The predicted octanol–water partition coefficient (Wildman–Crippen LogP) is 2.12. The van der Waals surface area contributed by atoms with Crippen molar-refractivity contribution in [2.75, 3.05) is 6.54 Å². The molecule has 0 radical (unpaired) electrons. The number of carboxylic acids is 1. The van der Waals surface area contributed by atoms with E-state index in [-0.39, 0.29) is 11.7 Å². The maximum Gasteiger partial charge on any atom is 0.354 e. The molecule has 0 saturated carbocycles. The highest BCUT2D eigenvalue weighted by atomic mass is 79.9. The lowest BCUT2D eigenvalue weighted by molar-refractivity contribution is -0.137. The van der Waals surface area contributed by atoms with Crippen molar-refractivity contribution in [3.8, 4) is 0 Å². The van der Waals surface area contributed by atoms with Gasteiger partial charge in [-0.15, -0.1) is 0 Å². The Kier molecular flexibility index (Phi) is 3.96. The number of likely N-dealkylation sites (N-methyl/N-ethyl adjacent to an activating group) is 1. The fraction of sp³-hybridized carbons (Fsp3) is 0.500. The quantitative estimate of drug-likeness (QED) is 0.912. The van der Waals surface area contributed by atoms with E-state index >= 15 is 0 Å². The lowest BCUT2D eigenvalue weighted by atomic mass is 10.3. The smallest absolute Gasteiger partial charge is 0.354 e. The van der Waals surface area contributed by atoms with Gasteiger partial charge in [0.25, 0.3) is 0 Å². The molecular formula is C12H16BrN3O3. The molecule has 1 aromatic heterocycles. The number of carboxylic acid groups (broad SMARTS) is 1. The highest BCUT2D eigenvalue weighted by Gasteiger charge is 2.38. The number of carbonyl (C=O) groups is 1. The molecule has 1 aliphatic rings. The number of rotatable bonds is 4. The maximum atomic E-state index is 11.4. The third kappa shape index (κ3) is 2.52. The lowest BCUT2D eigenvalue weighted by Crippen LogP contribution is -2.41. The summed E-state index contributed by atoms with van der Waals surface area (Å²) in [6.45, 7) is 6.85. The first-order chi connectivity index (χ1) is 8.95. The van der Waals surface area contributed by atoms with Crippen molar-refractivity contribution < 1.29 is 14.4 Å². The second-order valence-corrected chi connectivity index (χ2v) is 5.28. The Bertz CT molecular complexity index is 526. The molecule has 19 heavy (non-hydrogen) atoms. The number of hydrazine groups is 1. The van der Waals surface area contributed by atoms with Crippen molar-refractivity contribution in [3.05, 3.63) is 27.7 Å². The van der Waals surface area contributed by atoms with Crippen LogP contribution in [-0.2, 0) is 11.3 Å². The number of hydrogen-bond acceptors (Lipinski definition) is 5. The second-order valence-electron chi connectivity index (χ2n) is 4.43. The fourth-order valence-electron chi connectivity index (χ4n) is 2.25. The zero-order valence-corrected chi connectivity index (χ0v) is 12.6. The van der Waals surface area contributed by atoms with Crippen LogP contribution in [-0.4, -0.2) is 38.8 Å². The second kappa shape index (κ2) is 5.34. The molecule has 7 heteroatoms. The van der Waals surface area contributed by atoms with Gasteiger partial charge in [0, 0.05) is 17.1 Å². The zero-order chi connectivity index (χ0) is 14.2. The van der Waals surface area contributed by atoms with E-state index in [0.717, 1.165) is 5.69 Å². The van der Waals surface area contributed by atoms with E-state index in [4.69, 9.17) is 4.52 Å². The third-order valence-corrected chi connectivity index (χ3v) is 4.16. The molecule has 0 aliphatic carbocycles. The van der Waals surface area contributed by atoms with Crippen molar-refractivity contribution in [2.24, 2.45) is 0 Å². The molecule has 1 aliphatic heterocycles. The van der Waals surface area contributed by atoms with E-state index in [1.165, 1.54) is 0 Å². The molecule has 0 saturated heterocycles. The third-order valence-electron chi connectivity index (χ3n) is 3.12. The molecule has 0 amide bonds. The van der Waals surface area contributed by atoms with E-state index in [0.29, 0.717) is 23.3 Å². The minimum atomic E-state index is -0.953. The zero-order valence-electron chi connectivity index (χ0n) is 11.1. The molecule has 1 unspecified atom stereocenters. The first-order valence-corrected chi connectivity index (χ1v) is 6.84. The molecule has 1 atom stereocenters. The van der Waals surface area contributed by atoms with Crippen LogP contribution in [0.2, 0.25) is 0 Å². The van der Waals surface area contributed by atoms with E-state index in [9.17, 15) is 9.90 Å². The van der Waals surface area contributed by atoms with Gasteiger partial charge in [0.2, 0.25) is 0 Å². The van der Waals surface area contributed by atoms with Crippen LogP contribution < -0.4 is 0 Å². The Morgan fingerprint density at radius 2 is 2.32 bits per heavy atom. The van der Waals surface area contributed by atoms with Gasteiger partial charge >= 0.3 is 5.97 Å². The van der Waals surface area contributed by atoms with Gasteiger partial charge in [0.1, 0.15) is 0 Å². The van der Waals surface area contributed by atoms with Crippen LogP contribution in [0.3, 0.4) is 0 Å². The topological polar surface area (TPSA) is 69.8 Å². The molecular weight excluding hydrogens is 314 g/mol. The van der Waals surface area contributed by atoms with Gasteiger partial charge < -0.3 is 9.63 Å². The molecule has 2 rings (SSSR count). The van der Waals surface area contributed by atoms with Gasteiger partial charge in [0.05, 0.1) is 18.3 Å². The molecule has 0 spiro atoms. The minimum Gasteiger partial charge on any atom is -0.477 e. The first kappa shape index (κ1) is 14.1. The summed E-state index contributed by atoms with van der Waals surface area (Å²) >= 11 is 3.38. The van der Waals surface area contributed by atoms with Crippen LogP contribution in [0.15, 0.2) is 20.8 Å². The van der Waals surface area contributed by atoms with Crippen LogP contribution in [0.25, 0.3) is 0 Å². The molecule has 104 valence electrons. The van der Waals surface area contributed by atoms with Crippen LogP contribution in [0.5, 0.6) is 0 Å². The summed E-state index contributed by atoms with van der Waals surface area (Å²) in [5, 5.41) is 16.9. The Balaban J connectivity index is 2.31. The molecule has 2 heterocycles. The average Bonchev–Trinajstić information content (AvgIpc) is 2.83. The Hall–Kier alpha value is -1.34. The van der Waals surface area contributed by atoms with Crippen LogP contribution in [0, 0.1) is 6.92 Å². The Morgan fingerprint density at radius 3 is 2.79 bits per heavy atom. The first-order valence-electron chi connectivity index (χ1n) is 6.05. The highest BCUT2D eigenvalue weighted by molar-refractivity contribution is 9.11. The van der Waals surface area contributed by atoms with Crippen molar-refractivity contribution in [1.29, 1.82) is 0 Å². The summed E-state index contributed by atoms with van der Waals surface area (Å²) in [4.78, 5) is 11.4. The SMILES string of the molecule is CCN1C(C)C(Br)=C(C(=O)O)N1Cc1cc(C)no1. The van der Waals surface area contributed by atoms with Gasteiger partial charge in [-0.3, -0.25) is 5.01 Å². The van der Waals surface area contributed by atoms with Gasteiger partial charge in [-0.25, -0.2) is 9.80 Å². The summed E-state index contributed by atoms with van der Waals surface area (Å²) < 4.78 is 5.85. The summed E-state index contributed by atoms with van der Waals surface area (Å²) in [5.74, 6) is -0.310. The van der Waals surface area contributed by atoms with E-state index in [1.807, 2.05) is 31.8 Å². The molecule has 0 bridgehead atoms.